The average molecular weight is 437 g/mol. The molecule has 2 heterocycles. The van der Waals surface area contributed by atoms with E-state index in [0.717, 1.165) is 11.4 Å². The van der Waals surface area contributed by atoms with Crippen LogP contribution in [-0.2, 0) is 0 Å². The first-order chi connectivity index (χ1) is 14.2. The van der Waals surface area contributed by atoms with Crippen LogP contribution in [0.25, 0.3) is 10.2 Å². The van der Waals surface area contributed by atoms with Crippen LogP contribution in [0.3, 0.4) is 0 Å². The molecular formula is C19H18F3N5O2S. The van der Waals surface area contributed by atoms with Gasteiger partial charge in [0.25, 0.3) is 5.91 Å². The second-order valence-electron chi connectivity index (χ2n) is 6.59. The van der Waals surface area contributed by atoms with E-state index >= 15 is 0 Å². The zero-order valence-corrected chi connectivity index (χ0v) is 16.8. The Labute approximate surface area is 173 Å². The molecule has 4 rings (SSSR count). The van der Waals surface area contributed by atoms with Crippen molar-refractivity contribution in [1.82, 2.24) is 10.3 Å². The molecule has 0 bridgehead atoms. The quantitative estimate of drug-likeness (QED) is 0.555. The van der Waals surface area contributed by atoms with Crippen molar-refractivity contribution in [2.24, 2.45) is 0 Å². The highest BCUT2D eigenvalue weighted by molar-refractivity contribution is 7.22. The number of benzene rings is 2. The topological polar surface area (TPSA) is 78.5 Å². The summed E-state index contributed by atoms with van der Waals surface area (Å²) in [5.74, 6) is -0.434. The minimum Gasteiger partial charge on any atom is -0.406 e. The number of halogens is 3. The fourth-order valence-electron chi connectivity index (χ4n) is 3.16. The molecule has 1 aliphatic rings. The summed E-state index contributed by atoms with van der Waals surface area (Å²) in [4.78, 5) is 18.4. The van der Waals surface area contributed by atoms with Gasteiger partial charge in [-0.3, -0.25) is 4.79 Å². The summed E-state index contributed by atoms with van der Waals surface area (Å²) in [5.41, 5.74) is 2.81. The number of hydrogen-bond donors (Lipinski definition) is 3. The summed E-state index contributed by atoms with van der Waals surface area (Å²) in [6, 6.07) is 9.41. The number of fused-ring (bicyclic) bond motifs is 2. The first-order valence-corrected chi connectivity index (χ1v) is 9.89. The fraction of sp³-hybridized carbons (Fsp3) is 0.263. The van der Waals surface area contributed by atoms with Crippen molar-refractivity contribution >= 4 is 44.0 Å². The highest BCUT2D eigenvalue weighted by atomic mass is 32.1. The number of hydrogen-bond acceptors (Lipinski definition) is 7. The third-order valence-corrected chi connectivity index (χ3v) is 5.46. The van der Waals surface area contributed by atoms with Crippen molar-refractivity contribution < 1.29 is 22.7 Å². The van der Waals surface area contributed by atoms with Gasteiger partial charge < -0.3 is 25.6 Å². The molecule has 0 spiro atoms. The number of anilines is 3. The number of ether oxygens (including phenoxy) is 1. The number of alkyl halides is 3. The van der Waals surface area contributed by atoms with Crippen LogP contribution >= 0.6 is 11.3 Å². The van der Waals surface area contributed by atoms with Gasteiger partial charge in [0.15, 0.2) is 11.4 Å². The maximum absolute atomic E-state index is 12.4. The molecule has 3 N–H and O–H groups in total. The lowest BCUT2D eigenvalue weighted by Crippen LogP contribution is -2.39. The summed E-state index contributed by atoms with van der Waals surface area (Å²) < 4.78 is 41.8. The SMILES string of the molecule is CCNC(=O)c1ccc2c(c1)NC(Nc1nc3ccc(OC(F)(F)F)cc3s1)N2C. The van der Waals surface area contributed by atoms with E-state index in [0.29, 0.717) is 27.5 Å². The van der Waals surface area contributed by atoms with E-state index in [1.54, 1.807) is 12.1 Å². The number of carbonyl (C=O) groups is 1. The summed E-state index contributed by atoms with van der Waals surface area (Å²) in [7, 11) is 1.88. The molecule has 7 nitrogen and oxygen atoms in total. The number of carbonyl (C=O) groups excluding carboxylic acids is 1. The second-order valence-corrected chi connectivity index (χ2v) is 7.62. The smallest absolute Gasteiger partial charge is 0.406 e. The van der Waals surface area contributed by atoms with Gasteiger partial charge in [-0.05, 0) is 37.3 Å². The maximum atomic E-state index is 12.4. The Balaban J connectivity index is 1.51. The molecule has 0 saturated heterocycles. The predicted molar refractivity (Wildman–Crippen MR) is 110 cm³/mol. The minimum atomic E-state index is -4.74. The summed E-state index contributed by atoms with van der Waals surface area (Å²) in [6.07, 6.45) is -5.08. The number of rotatable bonds is 5. The van der Waals surface area contributed by atoms with E-state index in [4.69, 9.17) is 0 Å². The van der Waals surface area contributed by atoms with Crippen LogP contribution in [-0.4, -0.2) is 37.1 Å². The van der Waals surface area contributed by atoms with E-state index in [1.165, 1.54) is 29.5 Å². The van der Waals surface area contributed by atoms with Crippen LogP contribution in [0.15, 0.2) is 36.4 Å². The Morgan fingerprint density at radius 2 is 2.10 bits per heavy atom. The number of nitrogens with zero attached hydrogens (tertiary/aromatic N) is 2. The van der Waals surface area contributed by atoms with E-state index < -0.39 is 6.36 Å². The van der Waals surface area contributed by atoms with Crippen molar-refractivity contribution in [3.05, 3.63) is 42.0 Å². The number of aromatic nitrogens is 1. The Hall–Kier alpha value is -3.21. The standard InChI is InChI=1S/C19H18F3N5O2S/c1-3-23-16(28)10-4-7-14-13(8-10)24-17(27(14)2)26-18-25-12-6-5-11(9-15(12)30-18)29-19(20,21)22/h4-9,17,24H,3H2,1-2H3,(H,23,28)(H,25,26). The lowest BCUT2D eigenvalue weighted by Gasteiger charge is -2.22. The fourth-order valence-corrected chi connectivity index (χ4v) is 4.08. The molecule has 2 aromatic carbocycles. The van der Waals surface area contributed by atoms with Gasteiger partial charge >= 0.3 is 6.36 Å². The van der Waals surface area contributed by atoms with Gasteiger partial charge in [-0.25, -0.2) is 4.98 Å². The van der Waals surface area contributed by atoms with Crippen LogP contribution in [0.4, 0.5) is 29.7 Å². The normalized spacial score (nSPS) is 15.6. The molecule has 0 fully saturated rings. The van der Waals surface area contributed by atoms with Gasteiger partial charge in [0.2, 0.25) is 0 Å². The largest absolute Gasteiger partial charge is 0.573 e. The van der Waals surface area contributed by atoms with E-state index in [1.807, 2.05) is 24.9 Å². The van der Waals surface area contributed by atoms with Crippen LogP contribution in [0.1, 0.15) is 17.3 Å². The van der Waals surface area contributed by atoms with E-state index in [9.17, 15) is 18.0 Å². The minimum absolute atomic E-state index is 0.149. The molecule has 1 aromatic heterocycles. The average Bonchev–Trinajstić information content (AvgIpc) is 3.20. The molecule has 3 aromatic rings. The van der Waals surface area contributed by atoms with Crippen molar-refractivity contribution in [1.29, 1.82) is 0 Å². The number of nitrogens with one attached hydrogen (secondary N) is 3. The van der Waals surface area contributed by atoms with Crippen molar-refractivity contribution in [2.45, 2.75) is 19.6 Å². The molecule has 1 amide bonds. The predicted octanol–water partition coefficient (Wildman–Crippen LogP) is 4.20. The van der Waals surface area contributed by atoms with E-state index in [-0.39, 0.29) is 17.9 Å². The van der Waals surface area contributed by atoms with Crippen molar-refractivity contribution in [3.63, 3.8) is 0 Å². The molecule has 0 aliphatic carbocycles. The zero-order valence-electron chi connectivity index (χ0n) is 16.0. The molecule has 1 atom stereocenters. The van der Waals surface area contributed by atoms with Crippen LogP contribution in [0.2, 0.25) is 0 Å². The van der Waals surface area contributed by atoms with Crippen LogP contribution < -0.4 is 25.6 Å². The highest BCUT2D eigenvalue weighted by Gasteiger charge is 2.31. The van der Waals surface area contributed by atoms with Gasteiger partial charge in [-0.2, -0.15) is 0 Å². The Bertz CT molecular complexity index is 1100. The number of thiazole rings is 1. The molecule has 30 heavy (non-hydrogen) atoms. The molecule has 11 heteroatoms. The zero-order chi connectivity index (χ0) is 21.5. The van der Waals surface area contributed by atoms with Gasteiger partial charge in [-0.1, -0.05) is 11.3 Å². The molecule has 1 aliphatic heterocycles. The van der Waals surface area contributed by atoms with Gasteiger partial charge in [0.1, 0.15) is 5.75 Å². The van der Waals surface area contributed by atoms with Crippen LogP contribution in [0, 0.1) is 0 Å². The molecular weight excluding hydrogens is 419 g/mol. The molecule has 0 radical (unpaired) electrons. The summed E-state index contributed by atoms with van der Waals surface area (Å²) in [5, 5.41) is 9.81. The molecule has 0 saturated carbocycles. The van der Waals surface area contributed by atoms with Crippen molar-refractivity contribution in [2.75, 3.05) is 29.1 Å². The lowest BCUT2D eigenvalue weighted by atomic mass is 10.1. The molecule has 1 unspecified atom stereocenters. The maximum Gasteiger partial charge on any atom is 0.573 e. The van der Waals surface area contributed by atoms with Crippen molar-refractivity contribution in [3.8, 4) is 5.75 Å². The first kappa shape index (κ1) is 20.1. The molecule has 158 valence electrons. The first-order valence-electron chi connectivity index (χ1n) is 9.08. The van der Waals surface area contributed by atoms with Crippen LogP contribution in [0.5, 0.6) is 5.75 Å². The third-order valence-electron chi connectivity index (χ3n) is 4.51. The highest BCUT2D eigenvalue weighted by Crippen LogP contribution is 2.36. The Morgan fingerprint density at radius 1 is 1.30 bits per heavy atom. The lowest BCUT2D eigenvalue weighted by molar-refractivity contribution is -0.274. The second kappa shape index (κ2) is 7.56. The summed E-state index contributed by atoms with van der Waals surface area (Å²) in [6.45, 7) is 2.40. The van der Waals surface area contributed by atoms with Gasteiger partial charge in [0, 0.05) is 25.2 Å². The Kier molecular flexibility index (Phi) is 5.06. The summed E-state index contributed by atoms with van der Waals surface area (Å²) >= 11 is 1.22. The van der Waals surface area contributed by atoms with E-state index in [2.05, 4.69) is 25.7 Å². The van der Waals surface area contributed by atoms with Gasteiger partial charge in [-0.15, -0.1) is 13.2 Å². The third kappa shape index (κ3) is 4.06. The number of amides is 1. The Morgan fingerprint density at radius 3 is 2.83 bits per heavy atom. The van der Waals surface area contributed by atoms with Gasteiger partial charge in [0.05, 0.1) is 21.6 Å². The monoisotopic (exact) mass is 437 g/mol.